The van der Waals surface area contributed by atoms with E-state index in [2.05, 4.69) is 18.7 Å². The van der Waals surface area contributed by atoms with Crippen LogP contribution < -0.4 is 5.56 Å². The van der Waals surface area contributed by atoms with Crippen molar-refractivity contribution in [3.63, 3.8) is 0 Å². The van der Waals surface area contributed by atoms with E-state index in [1.807, 2.05) is 48.5 Å². The Morgan fingerprint density at radius 3 is 2.69 bits per heavy atom. The molecule has 0 bridgehead atoms. The van der Waals surface area contributed by atoms with Gasteiger partial charge in [0, 0.05) is 28.7 Å². The fourth-order valence-electron chi connectivity index (χ4n) is 4.12. The Bertz CT molecular complexity index is 1340. The van der Waals surface area contributed by atoms with Crippen LogP contribution in [0.5, 0.6) is 0 Å². The van der Waals surface area contributed by atoms with Gasteiger partial charge in [-0.2, -0.15) is 0 Å². The summed E-state index contributed by atoms with van der Waals surface area (Å²) in [7, 11) is 0. The zero-order valence-corrected chi connectivity index (χ0v) is 20.5. The number of rotatable bonds is 5. The van der Waals surface area contributed by atoms with Crippen LogP contribution in [0.4, 0.5) is 0 Å². The Kier molecular flexibility index (Phi) is 6.12. The highest BCUT2D eigenvalue weighted by Gasteiger charge is 2.25. The summed E-state index contributed by atoms with van der Waals surface area (Å²) in [5.74, 6) is 0.651. The number of thiophene rings is 1. The third kappa shape index (κ3) is 4.01. The lowest BCUT2D eigenvalue weighted by Gasteiger charge is -2.25. The highest BCUT2D eigenvalue weighted by molar-refractivity contribution is 7.98. The number of hydrogen-bond donors (Lipinski definition) is 0. The molecule has 0 saturated heterocycles. The van der Waals surface area contributed by atoms with E-state index in [0.717, 1.165) is 58.1 Å². The van der Waals surface area contributed by atoms with Crippen LogP contribution in [0.2, 0.25) is 5.02 Å². The van der Waals surface area contributed by atoms with Crippen molar-refractivity contribution in [1.29, 1.82) is 0 Å². The average Bonchev–Trinajstić information content (AvgIpc) is 3.17. The number of hydrogen-bond acceptors (Lipinski definition) is 5. The number of likely N-dealkylation sites (N-methyl/N-ethyl adjacent to an activating group) is 1. The molecule has 7 heteroatoms. The van der Waals surface area contributed by atoms with E-state index in [1.54, 1.807) is 27.7 Å². The fourth-order valence-corrected chi connectivity index (χ4v) is 6.72. The SMILES string of the molecule is CCN1CCc2c(sc3nc(SCc4ccccc4Cl)n(-c4ccc(C)cc4)c(=O)c23)C1. The van der Waals surface area contributed by atoms with E-state index in [-0.39, 0.29) is 5.56 Å². The first kappa shape index (κ1) is 21.7. The highest BCUT2D eigenvalue weighted by Crippen LogP contribution is 2.35. The molecular weight excluding hydrogens is 458 g/mol. The second-order valence-electron chi connectivity index (χ2n) is 8.05. The van der Waals surface area contributed by atoms with Crippen molar-refractivity contribution in [2.75, 3.05) is 13.1 Å². The van der Waals surface area contributed by atoms with Gasteiger partial charge < -0.3 is 0 Å². The van der Waals surface area contributed by atoms with Crippen LogP contribution in [0.1, 0.15) is 28.5 Å². The van der Waals surface area contributed by atoms with Crippen molar-refractivity contribution in [2.45, 2.75) is 37.7 Å². The number of fused-ring (bicyclic) bond motifs is 3. The monoisotopic (exact) mass is 481 g/mol. The lowest BCUT2D eigenvalue weighted by atomic mass is 10.1. The third-order valence-electron chi connectivity index (χ3n) is 5.98. The van der Waals surface area contributed by atoms with Crippen LogP contribution in [0.3, 0.4) is 0 Å². The molecule has 0 amide bonds. The maximum Gasteiger partial charge on any atom is 0.267 e. The maximum atomic E-state index is 13.9. The summed E-state index contributed by atoms with van der Waals surface area (Å²) >= 11 is 9.61. The average molecular weight is 482 g/mol. The number of nitrogens with zero attached hydrogens (tertiary/aromatic N) is 3. The molecule has 0 aliphatic carbocycles. The minimum atomic E-state index is 0.0305. The van der Waals surface area contributed by atoms with Crippen LogP contribution in [0.15, 0.2) is 58.5 Å². The van der Waals surface area contributed by atoms with Gasteiger partial charge in [0.05, 0.1) is 11.1 Å². The van der Waals surface area contributed by atoms with Crippen LogP contribution in [-0.4, -0.2) is 27.5 Å². The Morgan fingerprint density at radius 1 is 1.16 bits per heavy atom. The van der Waals surface area contributed by atoms with Gasteiger partial charge in [-0.1, -0.05) is 66.2 Å². The quantitative estimate of drug-likeness (QED) is 0.256. The van der Waals surface area contributed by atoms with Crippen molar-refractivity contribution < 1.29 is 0 Å². The van der Waals surface area contributed by atoms with Gasteiger partial charge in [0.2, 0.25) is 0 Å². The Morgan fingerprint density at radius 2 is 1.94 bits per heavy atom. The van der Waals surface area contributed by atoms with Crippen LogP contribution in [0, 0.1) is 6.92 Å². The molecule has 0 N–H and O–H groups in total. The Balaban J connectivity index is 1.65. The summed E-state index contributed by atoms with van der Waals surface area (Å²) in [6.07, 6.45) is 0.903. The fraction of sp³-hybridized carbons (Fsp3) is 0.280. The van der Waals surface area contributed by atoms with Gasteiger partial charge in [0.15, 0.2) is 5.16 Å². The molecule has 1 aliphatic rings. The Hall–Kier alpha value is -2.12. The summed E-state index contributed by atoms with van der Waals surface area (Å²) in [5.41, 5.74) is 4.27. The molecule has 0 radical (unpaired) electrons. The van der Waals surface area contributed by atoms with Crippen molar-refractivity contribution in [3.05, 3.63) is 85.5 Å². The van der Waals surface area contributed by atoms with Crippen LogP contribution in [-0.2, 0) is 18.7 Å². The molecule has 1 aliphatic heterocycles. The van der Waals surface area contributed by atoms with Gasteiger partial charge in [0.25, 0.3) is 5.56 Å². The van der Waals surface area contributed by atoms with E-state index in [0.29, 0.717) is 10.9 Å². The third-order valence-corrected chi connectivity index (χ3v) is 8.44. The zero-order chi connectivity index (χ0) is 22.2. The summed E-state index contributed by atoms with van der Waals surface area (Å²) < 4.78 is 1.78. The molecule has 0 atom stereocenters. The molecule has 0 saturated carbocycles. The molecule has 2 aromatic heterocycles. The first-order valence-electron chi connectivity index (χ1n) is 10.8. The molecule has 0 spiro atoms. The zero-order valence-electron chi connectivity index (χ0n) is 18.1. The molecule has 3 heterocycles. The van der Waals surface area contributed by atoms with E-state index in [4.69, 9.17) is 16.6 Å². The minimum Gasteiger partial charge on any atom is -0.298 e. The topological polar surface area (TPSA) is 38.1 Å². The predicted molar refractivity (Wildman–Crippen MR) is 136 cm³/mol. The minimum absolute atomic E-state index is 0.0305. The van der Waals surface area contributed by atoms with Gasteiger partial charge in [-0.3, -0.25) is 14.3 Å². The lowest BCUT2D eigenvalue weighted by molar-refractivity contribution is 0.272. The summed E-state index contributed by atoms with van der Waals surface area (Å²) in [6, 6.07) is 15.9. The normalized spacial score (nSPS) is 14.1. The second kappa shape index (κ2) is 9.02. The van der Waals surface area contributed by atoms with Crippen molar-refractivity contribution in [2.24, 2.45) is 0 Å². The summed E-state index contributed by atoms with van der Waals surface area (Å²) in [6.45, 7) is 7.15. The van der Waals surface area contributed by atoms with Crippen molar-refractivity contribution >= 4 is 44.9 Å². The highest BCUT2D eigenvalue weighted by atomic mass is 35.5. The maximum absolute atomic E-state index is 13.9. The molecule has 2 aromatic carbocycles. The molecule has 5 rings (SSSR count). The van der Waals surface area contributed by atoms with E-state index >= 15 is 0 Å². The van der Waals surface area contributed by atoms with Gasteiger partial charge in [-0.25, -0.2) is 4.98 Å². The molecule has 0 fully saturated rings. The molecule has 164 valence electrons. The smallest absolute Gasteiger partial charge is 0.267 e. The van der Waals surface area contributed by atoms with E-state index in [1.165, 1.54) is 10.4 Å². The Labute approximate surface area is 200 Å². The van der Waals surface area contributed by atoms with Gasteiger partial charge in [0.1, 0.15) is 4.83 Å². The molecule has 32 heavy (non-hydrogen) atoms. The summed E-state index contributed by atoms with van der Waals surface area (Å²) in [5, 5.41) is 2.23. The van der Waals surface area contributed by atoms with Crippen molar-refractivity contribution in [3.8, 4) is 5.69 Å². The largest absolute Gasteiger partial charge is 0.298 e. The van der Waals surface area contributed by atoms with Gasteiger partial charge in [-0.15, -0.1) is 11.3 Å². The molecule has 0 unspecified atom stereocenters. The number of benzene rings is 2. The van der Waals surface area contributed by atoms with Crippen molar-refractivity contribution in [1.82, 2.24) is 14.5 Å². The molecule has 4 aromatic rings. The first-order valence-corrected chi connectivity index (χ1v) is 13.0. The number of aromatic nitrogens is 2. The molecular formula is C25H24ClN3OS2. The standard InChI is InChI=1S/C25H24ClN3OS2/c1-3-28-13-12-19-21(14-28)32-23-22(19)24(30)29(18-10-8-16(2)9-11-18)25(27-23)31-15-17-6-4-5-7-20(17)26/h4-11H,3,12-15H2,1-2H3. The predicted octanol–water partition coefficient (Wildman–Crippen LogP) is 6.08. The second-order valence-corrected chi connectivity index (χ2v) is 10.5. The summed E-state index contributed by atoms with van der Waals surface area (Å²) in [4.78, 5) is 23.4. The van der Waals surface area contributed by atoms with Crippen LogP contribution in [0.25, 0.3) is 15.9 Å². The number of halogens is 1. The molecule has 4 nitrogen and oxygen atoms in total. The van der Waals surface area contributed by atoms with Gasteiger partial charge in [-0.05, 0) is 49.2 Å². The number of thioether (sulfide) groups is 1. The lowest BCUT2D eigenvalue weighted by Crippen LogP contribution is -2.30. The first-order chi connectivity index (χ1) is 15.5. The number of aryl methyl sites for hydroxylation is 1. The van der Waals surface area contributed by atoms with E-state index < -0.39 is 0 Å². The van der Waals surface area contributed by atoms with Crippen LogP contribution >= 0.6 is 34.7 Å². The van der Waals surface area contributed by atoms with E-state index in [9.17, 15) is 4.79 Å². The van der Waals surface area contributed by atoms with Gasteiger partial charge >= 0.3 is 0 Å².